The Balaban J connectivity index is 2.84. The third-order valence-electron chi connectivity index (χ3n) is 2.57. The first-order valence-corrected chi connectivity index (χ1v) is 6.32. The molecule has 1 amide bonds. The summed E-state index contributed by atoms with van der Waals surface area (Å²) in [5.74, 6) is 0.838. The van der Waals surface area contributed by atoms with Gasteiger partial charge >= 0.3 is 0 Å². The van der Waals surface area contributed by atoms with Crippen molar-refractivity contribution in [3.8, 4) is 11.5 Å². The minimum absolute atomic E-state index is 0.00704. The van der Waals surface area contributed by atoms with Crippen molar-refractivity contribution in [3.05, 3.63) is 17.2 Å². The molecule has 0 saturated heterocycles. The number of halogens is 1. The summed E-state index contributed by atoms with van der Waals surface area (Å²) in [5.41, 5.74) is 6.14. The Morgan fingerprint density at radius 1 is 1.37 bits per heavy atom. The van der Waals surface area contributed by atoms with Crippen molar-refractivity contribution in [2.24, 2.45) is 5.73 Å². The molecule has 0 bridgehead atoms. The number of nitrogens with two attached hydrogens (primary N) is 1. The van der Waals surface area contributed by atoms with E-state index in [0.717, 1.165) is 0 Å². The molecule has 1 atom stereocenters. The summed E-state index contributed by atoms with van der Waals surface area (Å²) in [6, 6.07) is 3.22. The summed E-state index contributed by atoms with van der Waals surface area (Å²) >= 11 is 5.99. The first kappa shape index (κ1) is 15.6. The number of carbonyl (C=O) groups excluding carboxylic acids is 1. The second kappa shape index (κ2) is 7.21. The van der Waals surface area contributed by atoms with Crippen LogP contribution in [-0.4, -0.2) is 26.2 Å². The molecule has 1 aromatic carbocycles. The van der Waals surface area contributed by atoms with Crippen LogP contribution in [0.15, 0.2) is 12.1 Å². The number of hydrogen-bond donors (Lipinski definition) is 2. The van der Waals surface area contributed by atoms with E-state index >= 15 is 0 Å². The van der Waals surface area contributed by atoms with Crippen LogP contribution in [0.1, 0.15) is 19.8 Å². The van der Waals surface area contributed by atoms with Gasteiger partial charge in [-0.3, -0.25) is 4.79 Å². The fourth-order valence-corrected chi connectivity index (χ4v) is 1.76. The lowest BCUT2D eigenvalue weighted by Gasteiger charge is -2.13. The number of methoxy groups -OCH3 is 2. The second-order valence-electron chi connectivity index (χ2n) is 4.25. The van der Waals surface area contributed by atoms with Crippen LogP contribution >= 0.6 is 11.6 Å². The Hall–Kier alpha value is -1.46. The number of nitrogens with one attached hydrogen (secondary N) is 1. The van der Waals surface area contributed by atoms with Crippen molar-refractivity contribution in [2.75, 3.05) is 19.5 Å². The standard InChI is InChI=1S/C13H19ClN2O3/c1-8(15)4-5-13(17)16-10-7-11(18-2)9(14)6-12(10)19-3/h6-8H,4-5,15H2,1-3H3,(H,16,17). The molecule has 0 radical (unpaired) electrons. The number of anilines is 1. The van der Waals surface area contributed by atoms with Crippen molar-refractivity contribution in [1.82, 2.24) is 0 Å². The zero-order valence-corrected chi connectivity index (χ0v) is 12.1. The van der Waals surface area contributed by atoms with Crippen LogP contribution < -0.4 is 20.5 Å². The highest BCUT2D eigenvalue weighted by Gasteiger charge is 2.12. The maximum Gasteiger partial charge on any atom is 0.224 e. The topological polar surface area (TPSA) is 73.6 Å². The van der Waals surface area contributed by atoms with Crippen LogP contribution in [0.5, 0.6) is 11.5 Å². The molecule has 0 aliphatic heterocycles. The predicted molar refractivity (Wildman–Crippen MR) is 76.1 cm³/mol. The maximum atomic E-state index is 11.8. The van der Waals surface area contributed by atoms with Gasteiger partial charge in [-0.15, -0.1) is 0 Å². The molecule has 1 unspecified atom stereocenters. The maximum absolute atomic E-state index is 11.8. The third-order valence-corrected chi connectivity index (χ3v) is 2.87. The van der Waals surface area contributed by atoms with Crippen molar-refractivity contribution in [3.63, 3.8) is 0 Å². The van der Waals surface area contributed by atoms with E-state index in [1.807, 2.05) is 6.92 Å². The van der Waals surface area contributed by atoms with Crippen LogP contribution in [0.4, 0.5) is 5.69 Å². The van der Waals surface area contributed by atoms with Gasteiger partial charge < -0.3 is 20.5 Å². The average molecular weight is 287 g/mol. The molecule has 0 saturated carbocycles. The fraction of sp³-hybridized carbons (Fsp3) is 0.462. The molecular formula is C13H19ClN2O3. The summed E-state index contributed by atoms with van der Waals surface area (Å²) in [7, 11) is 3.02. The van der Waals surface area contributed by atoms with Gasteiger partial charge in [0.15, 0.2) is 0 Å². The Bertz CT molecular complexity index is 450. The smallest absolute Gasteiger partial charge is 0.224 e. The molecule has 106 valence electrons. The van der Waals surface area contributed by atoms with Gasteiger partial charge in [0.05, 0.1) is 24.9 Å². The van der Waals surface area contributed by atoms with E-state index < -0.39 is 0 Å². The lowest BCUT2D eigenvalue weighted by Crippen LogP contribution is -2.19. The van der Waals surface area contributed by atoms with E-state index in [2.05, 4.69) is 5.32 Å². The van der Waals surface area contributed by atoms with E-state index in [-0.39, 0.29) is 11.9 Å². The van der Waals surface area contributed by atoms with Gasteiger partial charge in [0, 0.05) is 24.6 Å². The number of benzene rings is 1. The molecule has 0 spiro atoms. The molecular weight excluding hydrogens is 268 g/mol. The first-order chi connectivity index (χ1) is 8.97. The van der Waals surface area contributed by atoms with Crippen molar-refractivity contribution < 1.29 is 14.3 Å². The summed E-state index contributed by atoms with van der Waals surface area (Å²) in [4.78, 5) is 11.8. The number of amides is 1. The number of hydrogen-bond acceptors (Lipinski definition) is 4. The van der Waals surface area contributed by atoms with Crippen LogP contribution in [0.3, 0.4) is 0 Å². The molecule has 0 fully saturated rings. The summed E-state index contributed by atoms with van der Waals surface area (Å²) in [6.07, 6.45) is 0.977. The monoisotopic (exact) mass is 286 g/mol. The fourth-order valence-electron chi connectivity index (χ4n) is 1.53. The molecule has 19 heavy (non-hydrogen) atoms. The molecule has 3 N–H and O–H groups in total. The molecule has 0 aliphatic carbocycles. The minimum Gasteiger partial charge on any atom is -0.495 e. The van der Waals surface area contributed by atoms with E-state index in [9.17, 15) is 4.79 Å². The minimum atomic E-state index is -0.125. The van der Waals surface area contributed by atoms with Gasteiger partial charge in [0.25, 0.3) is 0 Å². The lowest BCUT2D eigenvalue weighted by molar-refractivity contribution is -0.116. The Morgan fingerprint density at radius 3 is 2.53 bits per heavy atom. The number of rotatable bonds is 6. The normalized spacial score (nSPS) is 11.8. The highest BCUT2D eigenvalue weighted by atomic mass is 35.5. The zero-order chi connectivity index (χ0) is 14.4. The van der Waals surface area contributed by atoms with Crippen molar-refractivity contribution in [1.29, 1.82) is 0 Å². The van der Waals surface area contributed by atoms with Crippen molar-refractivity contribution in [2.45, 2.75) is 25.8 Å². The van der Waals surface area contributed by atoms with Gasteiger partial charge in [-0.1, -0.05) is 11.6 Å². The highest BCUT2D eigenvalue weighted by Crippen LogP contribution is 2.35. The van der Waals surface area contributed by atoms with Crippen LogP contribution in [0.25, 0.3) is 0 Å². The molecule has 6 heteroatoms. The van der Waals surface area contributed by atoms with Gasteiger partial charge in [-0.2, -0.15) is 0 Å². The Morgan fingerprint density at radius 2 is 2.00 bits per heavy atom. The molecule has 5 nitrogen and oxygen atoms in total. The van der Waals surface area contributed by atoms with E-state index in [0.29, 0.717) is 35.1 Å². The van der Waals surface area contributed by atoms with Gasteiger partial charge in [-0.25, -0.2) is 0 Å². The van der Waals surface area contributed by atoms with Crippen LogP contribution in [-0.2, 0) is 4.79 Å². The van der Waals surface area contributed by atoms with Crippen molar-refractivity contribution >= 4 is 23.2 Å². The van der Waals surface area contributed by atoms with E-state index in [4.69, 9.17) is 26.8 Å². The largest absolute Gasteiger partial charge is 0.495 e. The molecule has 0 aromatic heterocycles. The Kier molecular flexibility index (Phi) is 5.92. The summed E-state index contributed by atoms with van der Waals surface area (Å²) in [6.45, 7) is 1.86. The zero-order valence-electron chi connectivity index (χ0n) is 11.3. The second-order valence-corrected chi connectivity index (χ2v) is 4.66. The van der Waals surface area contributed by atoms with Gasteiger partial charge in [0.2, 0.25) is 5.91 Å². The average Bonchev–Trinajstić information content (AvgIpc) is 2.37. The highest BCUT2D eigenvalue weighted by molar-refractivity contribution is 6.32. The number of ether oxygens (including phenoxy) is 2. The quantitative estimate of drug-likeness (QED) is 0.842. The predicted octanol–water partition coefficient (Wildman–Crippen LogP) is 2.42. The van der Waals surface area contributed by atoms with E-state index in [1.54, 1.807) is 12.1 Å². The summed E-state index contributed by atoms with van der Waals surface area (Å²) in [5, 5.41) is 3.18. The van der Waals surface area contributed by atoms with Gasteiger partial charge in [-0.05, 0) is 13.3 Å². The summed E-state index contributed by atoms with van der Waals surface area (Å²) < 4.78 is 10.3. The molecule has 1 rings (SSSR count). The van der Waals surface area contributed by atoms with Crippen LogP contribution in [0, 0.1) is 0 Å². The lowest BCUT2D eigenvalue weighted by atomic mass is 10.2. The molecule has 0 aliphatic rings. The SMILES string of the molecule is COc1cc(NC(=O)CCC(C)N)c(OC)cc1Cl. The number of carbonyl (C=O) groups is 1. The van der Waals surface area contributed by atoms with Gasteiger partial charge in [0.1, 0.15) is 11.5 Å². The Labute approximate surface area is 118 Å². The molecule has 0 heterocycles. The first-order valence-electron chi connectivity index (χ1n) is 5.95. The van der Waals surface area contributed by atoms with Crippen LogP contribution in [0.2, 0.25) is 5.02 Å². The third kappa shape index (κ3) is 4.61. The van der Waals surface area contributed by atoms with E-state index in [1.165, 1.54) is 14.2 Å². The molecule has 1 aromatic rings.